The third kappa shape index (κ3) is 5.81. The van der Waals surface area contributed by atoms with Gasteiger partial charge < -0.3 is 14.2 Å². The van der Waals surface area contributed by atoms with Gasteiger partial charge >= 0.3 is 5.97 Å². The highest BCUT2D eigenvalue weighted by molar-refractivity contribution is 7.07. The first kappa shape index (κ1) is 28.7. The van der Waals surface area contributed by atoms with Gasteiger partial charge in [-0.05, 0) is 53.5 Å². The van der Waals surface area contributed by atoms with Gasteiger partial charge in [-0.1, -0.05) is 83.9 Å². The molecule has 10 heteroatoms. The van der Waals surface area contributed by atoms with Crippen molar-refractivity contribution in [3.63, 3.8) is 0 Å². The molecule has 0 N–H and O–H groups in total. The van der Waals surface area contributed by atoms with Crippen LogP contribution in [0.3, 0.4) is 0 Å². The fourth-order valence-electron chi connectivity index (χ4n) is 4.65. The monoisotopic (exact) mass is 608 g/mol. The number of hydrogen-bond acceptors (Lipinski definition) is 7. The Labute approximate surface area is 250 Å². The second kappa shape index (κ2) is 12.3. The fraction of sp³-hybridized carbons (Fsp3) is 0.194. The number of allylic oxidation sites excluding steroid dienone is 1. The first-order valence-electron chi connectivity index (χ1n) is 12.8. The molecule has 1 atom stereocenters. The van der Waals surface area contributed by atoms with Crippen LogP contribution in [0.5, 0.6) is 11.5 Å². The van der Waals surface area contributed by atoms with Gasteiger partial charge in [0.2, 0.25) is 0 Å². The van der Waals surface area contributed by atoms with Gasteiger partial charge in [-0.15, -0.1) is 0 Å². The van der Waals surface area contributed by atoms with Crippen molar-refractivity contribution in [2.45, 2.75) is 26.0 Å². The van der Waals surface area contributed by atoms with Crippen LogP contribution in [-0.4, -0.2) is 24.8 Å². The molecule has 0 saturated heterocycles. The number of fused-ring (bicyclic) bond motifs is 1. The molecule has 0 bridgehead atoms. The highest BCUT2D eigenvalue weighted by atomic mass is 35.5. The second-order valence-electron chi connectivity index (χ2n) is 9.15. The average Bonchev–Trinajstić information content (AvgIpc) is 3.31. The van der Waals surface area contributed by atoms with Gasteiger partial charge in [0, 0.05) is 0 Å². The minimum absolute atomic E-state index is 0.252. The molecular formula is C31H26Cl2N2O5S. The number of thiazole rings is 1. The molecular weight excluding hydrogens is 583 g/mol. The lowest BCUT2D eigenvalue weighted by atomic mass is 9.95. The van der Waals surface area contributed by atoms with Crippen molar-refractivity contribution in [3.8, 4) is 11.5 Å². The van der Waals surface area contributed by atoms with Crippen LogP contribution in [0.1, 0.15) is 36.1 Å². The topological polar surface area (TPSA) is 79.1 Å². The SMILES string of the molecule is CCC1=C(C(=O)OC)[C@@H](c2ccccc2)n2c(s/c(=C\c3ccc(OCc4ccc(Cl)c(Cl)c4)c(OC)c3)c2=O)=N1. The van der Waals surface area contributed by atoms with Crippen LogP contribution in [0.15, 0.2) is 87.8 Å². The molecule has 0 amide bonds. The fourth-order valence-corrected chi connectivity index (χ4v) is 5.99. The standard InChI is InChI=1S/C31H26Cl2N2O5S/c1-4-23-27(30(37)39-3)28(20-8-6-5-7-9-20)35-29(36)26(41-31(35)34-23)16-18-11-13-24(25(15-18)38-2)40-17-19-10-12-21(32)22(33)14-19/h5-16,28H,4,17H2,1-3H3/b26-16-/t28-/m1/s1. The van der Waals surface area contributed by atoms with E-state index in [9.17, 15) is 9.59 Å². The van der Waals surface area contributed by atoms with Crippen LogP contribution in [0.2, 0.25) is 10.0 Å². The summed E-state index contributed by atoms with van der Waals surface area (Å²) in [4.78, 5) is 32.0. The van der Waals surface area contributed by atoms with Crippen LogP contribution < -0.4 is 24.4 Å². The minimum Gasteiger partial charge on any atom is -0.493 e. The van der Waals surface area contributed by atoms with Crippen molar-refractivity contribution in [3.05, 3.63) is 124 Å². The average molecular weight is 610 g/mol. The zero-order chi connectivity index (χ0) is 29.1. The second-order valence-corrected chi connectivity index (χ2v) is 11.0. The van der Waals surface area contributed by atoms with Crippen molar-refractivity contribution in [1.29, 1.82) is 0 Å². The molecule has 4 aromatic rings. The van der Waals surface area contributed by atoms with Gasteiger partial charge in [-0.25, -0.2) is 9.79 Å². The smallest absolute Gasteiger partial charge is 0.338 e. The van der Waals surface area contributed by atoms with E-state index in [0.717, 1.165) is 16.7 Å². The lowest BCUT2D eigenvalue weighted by Crippen LogP contribution is -2.40. The Kier molecular flexibility index (Phi) is 8.63. The Hall–Kier alpha value is -3.85. The summed E-state index contributed by atoms with van der Waals surface area (Å²) in [6, 6.07) is 19.5. The van der Waals surface area contributed by atoms with Crippen LogP contribution in [0.4, 0.5) is 0 Å². The van der Waals surface area contributed by atoms with Crippen molar-refractivity contribution in [1.82, 2.24) is 4.57 Å². The Bertz CT molecular complexity index is 1830. The molecule has 1 aliphatic rings. The zero-order valence-corrected chi connectivity index (χ0v) is 24.8. The van der Waals surface area contributed by atoms with Crippen molar-refractivity contribution >= 4 is 46.6 Å². The largest absolute Gasteiger partial charge is 0.493 e. The van der Waals surface area contributed by atoms with Crippen LogP contribution in [0.25, 0.3) is 6.08 Å². The van der Waals surface area contributed by atoms with Gasteiger partial charge in [-0.2, -0.15) is 0 Å². The number of rotatable bonds is 8. The maximum Gasteiger partial charge on any atom is 0.338 e. The van der Waals surface area contributed by atoms with E-state index in [-0.39, 0.29) is 12.2 Å². The van der Waals surface area contributed by atoms with Crippen molar-refractivity contribution in [2.24, 2.45) is 4.99 Å². The number of methoxy groups -OCH3 is 2. The molecule has 3 aromatic carbocycles. The van der Waals surface area contributed by atoms with Crippen molar-refractivity contribution < 1.29 is 19.0 Å². The molecule has 210 valence electrons. The lowest BCUT2D eigenvalue weighted by molar-refractivity contribution is -0.136. The summed E-state index contributed by atoms with van der Waals surface area (Å²) in [7, 11) is 2.89. The molecule has 2 heterocycles. The number of aromatic nitrogens is 1. The Balaban J connectivity index is 1.54. The number of halogens is 2. The first-order valence-corrected chi connectivity index (χ1v) is 14.3. The summed E-state index contributed by atoms with van der Waals surface area (Å²) < 4.78 is 18.7. The number of carbonyl (C=O) groups is 1. The third-order valence-electron chi connectivity index (χ3n) is 6.63. The molecule has 5 rings (SSSR count). The van der Waals surface area contributed by atoms with E-state index in [2.05, 4.69) is 0 Å². The quantitative estimate of drug-likeness (QED) is 0.240. The molecule has 0 radical (unpaired) electrons. The molecule has 0 fully saturated rings. The highest BCUT2D eigenvalue weighted by Gasteiger charge is 2.33. The third-order valence-corrected chi connectivity index (χ3v) is 8.35. The van der Waals surface area contributed by atoms with E-state index >= 15 is 0 Å². The van der Waals surface area contributed by atoms with Gasteiger partial charge in [0.15, 0.2) is 16.3 Å². The number of benzene rings is 3. The van der Waals surface area contributed by atoms with Gasteiger partial charge in [0.25, 0.3) is 5.56 Å². The summed E-state index contributed by atoms with van der Waals surface area (Å²) in [5.41, 5.74) is 3.11. The van der Waals surface area contributed by atoms with Crippen LogP contribution in [-0.2, 0) is 16.1 Å². The number of esters is 1. The number of nitrogens with zero attached hydrogens (tertiary/aromatic N) is 2. The summed E-state index contributed by atoms with van der Waals surface area (Å²) in [5.74, 6) is 0.543. The molecule has 0 unspecified atom stereocenters. The molecule has 0 spiro atoms. The summed E-state index contributed by atoms with van der Waals surface area (Å²) >= 11 is 13.4. The molecule has 41 heavy (non-hydrogen) atoms. The lowest BCUT2D eigenvalue weighted by Gasteiger charge is -2.25. The van der Waals surface area contributed by atoms with Gasteiger partial charge in [-0.3, -0.25) is 9.36 Å². The maximum absolute atomic E-state index is 13.8. The Morgan fingerprint density at radius 3 is 2.49 bits per heavy atom. The molecule has 7 nitrogen and oxygen atoms in total. The normalized spacial score (nSPS) is 14.9. The van der Waals surface area contributed by atoms with Gasteiger partial charge in [0.1, 0.15) is 6.61 Å². The predicted octanol–water partition coefficient (Wildman–Crippen LogP) is 5.69. The van der Waals surface area contributed by atoms with Gasteiger partial charge in [0.05, 0.1) is 46.1 Å². The van der Waals surface area contributed by atoms with E-state index in [1.54, 1.807) is 42.0 Å². The molecule has 1 aliphatic heterocycles. The van der Waals surface area contributed by atoms with Crippen molar-refractivity contribution in [2.75, 3.05) is 14.2 Å². The summed E-state index contributed by atoms with van der Waals surface area (Å²) in [6.45, 7) is 2.20. The first-order chi connectivity index (χ1) is 19.8. The Morgan fingerprint density at radius 2 is 1.80 bits per heavy atom. The van der Waals surface area contributed by atoms with E-state index in [1.807, 2.05) is 49.4 Å². The van der Waals surface area contributed by atoms with E-state index in [1.165, 1.54) is 18.4 Å². The van der Waals surface area contributed by atoms with E-state index in [4.69, 9.17) is 42.4 Å². The number of hydrogen-bond donors (Lipinski definition) is 0. The summed E-state index contributed by atoms with van der Waals surface area (Å²) in [6.07, 6.45) is 2.30. The van der Waals surface area contributed by atoms with E-state index < -0.39 is 12.0 Å². The summed E-state index contributed by atoms with van der Waals surface area (Å²) in [5, 5.41) is 0.931. The number of carbonyl (C=O) groups excluding carboxylic acids is 1. The molecule has 1 aromatic heterocycles. The molecule has 0 saturated carbocycles. The Morgan fingerprint density at radius 1 is 1.02 bits per heavy atom. The maximum atomic E-state index is 13.8. The minimum atomic E-state index is -0.649. The highest BCUT2D eigenvalue weighted by Crippen LogP contribution is 2.32. The zero-order valence-electron chi connectivity index (χ0n) is 22.5. The van der Waals surface area contributed by atoms with Crippen LogP contribution in [0, 0.1) is 0 Å². The predicted molar refractivity (Wildman–Crippen MR) is 161 cm³/mol. The van der Waals surface area contributed by atoms with E-state index in [0.29, 0.717) is 48.6 Å². The number of ether oxygens (including phenoxy) is 3. The molecule has 0 aliphatic carbocycles. The van der Waals surface area contributed by atoms with Crippen LogP contribution >= 0.6 is 34.5 Å².